The highest BCUT2D eigenvalue weighted by atomic mass is 32.1. The highest BCUT2D eigenvalue weighted by Crippen LogP contribution is 2.21. The summed E-state index contributed by atoms with van der Waals surface area (Å²) < 4.78 is 4.78. The first-order valence-electron chi connectivity index (χ1n) is 7.96. The number of nitrogens with zero attached hydrogens (tertiary/aromatic N) is 2. The van der Waals surface area contributed by atoms with Crippen molar-refractivity contribution >= 4 is 29.1 Å². The number of ether oxygens (including phenoxy) is 1. The molecular weight excluding hydrogens is 330 g/mol. The molecule has 8 heteroatoms. The van der Waals surface area contributed by atoms with Gasteiger partial charge in [-0.15, -0.1) is 11.3 Å². The topological polar surface area (TPSA) is 88.6 Å². The van der Waals surface area contributed by atoms with Crippen molar-refractivity contribution in [2.45, 2.75) is 45.7 Å². The van der Waals surface area contributed by atoms with Crippen molar-refractivity contribution in [2.75, 3.05) is 13.7 Å². The summed E-state index contributed by atoms with van der Waals surface area (Å²) in [5.74, 6) is -1.15. The number of amides is 2. The number of nitrogens with one attached hydrogen (secondary N) is 1. The van der Waals surface area contributed by atoms with Crippen LogP contribution in [0.2, 0.25) is 0 Å². The Morgan fingerprint density at radius 1 is 1.42 bits per heavy atom. The van der Waals surface area contributed by atoms with Gasteiger partial charge in [-0.2, -0.15) is 0 Å². The van der Waals surface area contributed by atoms with Crippen LogP contribution < -0.4 is 5.32 Å². The Labute approximate surface area is 145 Å². The zero-order valence-electron chi connectivity index (χ0n) is 14.4. The van der Waals surface area contributed by atoms with E-state index in [1.54, 1.807) is 5.38 Å². The van der Waals surface area contributed by atoms with E-state index >= 15 is 0 Å². The smallest absolute Gasteiger partial charge is 0.328 e. The molecule has 7 nitrogen and oxygen atoms in total. The van der Waals surface area contributed by atoms with Crippen molar-refractivity contribution in [1.29, 1.82) is 0 Å². The van der Waals surface area contributed by atoms with Gasteiger partial charge in [-0.3, -0.25) is 9.59 Å². The first-order valence-corrected chi connectivity index (χ1v) is 8.84. The lowest BCUT2D eigenvalue weighted by atomic mass is 10.0. The van der Waals surface area contributed by atoms with Crippen LogP contribution in [0.25, 0.3) is 0 Å². The molecule has 1 aliphatic heterocycles. The lowest BCUT2D eigenvalue weighted by Gasteiger charge is -2.29. The normalized spacial score (nSPS) is 18.5. The van der Waals surface area contributed by atoms with E-state index in [-0.39, 0.29) is 17.7 Å². The van der Waals surface area contributed by atoms with Crippen LogP contribution in [0, 0.1) is 12.8 Å². The van der Waals surface area contributed by atoms with Crippen LogP contribution >= 0.6 is 11.3 Å². The minimum atomic E-state index is -0.704. The first-order chi connectivity index (χ1) is 11.3. The minimum Gasteiger partial charge on any atom is -0.467 e. The van der Waals surface area contributed by atoms with Gasteiger partial charge in [0.25, 0.3) is 5.91 Å². The molecule has 2 heterocycles. The van der Waals surface area contributed by atoms with Gasteiger partial charge in [0.05, 0.1) is 12.1 Å². The van der Waals surface area contributed by atoms with Crippen molar-refractivity contribution in [3.05, 3.63) is 16.1 Å². The van der Waals surface area contributed by atoms with Crippen LogP contribution in [0.4, 0.5) is 0 Å². The highest BCUT2D eigenvalue weighted by molar-refractivity contribution is 7.09. The van der Waals surface area contributed by atoms with E-state index in [2.05, 4.69) is 10.3 Å². The number of hydrogen-bond acceptors (Lipinski definition) is 6. The third kappa shape index (κ3) is 3.92. The van der Waals surface area contributed by atoms with Crippen LogP contribution in [0.5, 0.6) is 0 Å². The second-order valence-electron chi connectivity index (χ2n) is 6.16. The Hall–Kier alpha value is -1.96. The van der Waals surface area contributed by atoms with E-state index in [4.69, 9.17) is 4.74 Å². The second kappa shape index (κ2) is 7.74. The van der Waals surface area contributed by atoms with Crippen molar-refractivity contribution < 1.29 is 19.1 Å². The summed E-state index contributed by atoms with van der Waals surface area (Å²) in [7, 11) is 1.32. The van der Waals surface area contributed by atoms with Gasteiger partial charge in [-0.05, 0) is 25.7 Å². The summed E-state index contributed by atoms with van der Waals surface area (Å²) in [6.07, 6.45) is 1.33. The first kappa shape index (κ1) is 18.4. The van der Waals surface area contributed by atoms with Crippen LogP contribution in [0.15, 0.2) is 5.38 Å². The number of carbonyl (C=O) groups excluding carboxylic acids is 3. The van der Waals surface area contributed by atoms with Crippen LogP contribution in [0.3, 0.4) is 0 Å². The van der Waals surface area contributed by atoms with Gasteiger partial charge in [0, 0.05) is 11.9 Å². The molecule has 1 aromatic heterocycles. The summed E-state index contributed by atoms with van der Waals surface area (Å²) >= 11 is 1.38. The fraction of sp³-hybridized carbons (Fsp3) is 0.625. The molecule has 2 amide bonds. The number of rotatable bonds is 5. The molecule has 2 atom stereocenters. The number of aryl methyl sites for hydroxylation is 1. The standard InChI is InChI=1S/C16H23N3O4S/c1-9(2)13(18-14(20)11-8-24-10(3)17-11)15(21)19-7-5-6-12(19)16(22)23-4/h8-9,12-13H,5-7H2,1-4H3,(H,18,20)/t12-,13-/m0/s1. The molecule has 0 saturated carbocycles. The van der Waals surface area contributed by atoms with Gasteiger partial charge in [0.1, 0.15) is 17.8 Å². The summed E-state index contributed by atoms with van der Waals surface area (Å²) in [4.78, 5) is 42.7. The van der Waals surface area contributed by atoms with E-state index in [1.165, 1.54) is 23.3 Å². The number of methoxy groups -OCH3 is 1. The minimum absolute atomic E-state index is 0.111. The zero-order valence-corrected chi connectivity index (χ0v) is 15.2. The maximum atomic E-state index is 12.9. The molecule has 0 unspecified atom stereocenters. The predicted octanol–water partition coefficient (Wildman–Crippen LogP) is 1.37. The molecule has 1 saturated heterocycles. The Morgan fingerprint density at radius 3 is 2.67 bits per heavy atom. The third-order valence-electron chi connectivity index (χ3n) is 4.08. The van der Waals surface area contributed by atoms with Gasteiger partial charge in [-0.25, -0.2) is 9.78 Å². The van der Waals surface area contributed by atoms with Gasteiger partial charge in [0.2, 0.25) is 5.91 Å². The molecule has 1 aromatic rings. The molecule has 0 spiro atoms. The Bertz CT molecular complexity index is 629. The molecule has 0 aromatic carbocycles. The molecule has 0 bridgehead atoms. The molecule has 24 heavy (non-hydrogen) atoms. The Kier molecular flexibility index (Phi) is 5.93. The van der Waals surface area contributed by atoms with Crippen molar-refractivity contribution in [3.63, 3.8) is 0 Å². The van der Waals surface area contributed by atoms with Crippen molar-refractivity contribution in [2.24, 2.45) is 5.92 Å². The van der Waals surface area contributed by atoms with Gasteiger partial charge >= 0.3 is 5.97 Å². The lowest BCUT2D eigenvalue weighted by molar-refractivity contribution is -0.151. The zero-order chi connectivity index (χ0) is 17.9. The number of thiazole rings is 1. The number of likely N-dealkylation sites (tertiary alicyclic amines) is 1. The van der Waals surface area contributed by atoms with Gasteiger partial charge in [-0.1, -0.05) is 13.8 Å². The van der Waals surface area contributed by atoms with Crippen molar-refractivity contribution in [1.82, 2.24) is 15.2 Å². The molecule has 1 N–H and O–H groups in total. The number of aromatic nitrogens is 1. The Balaban J connectivity index is 2.13. The summed E-state index contributed by atoms with van der Waals surface area (Å²) in [6.45, 7) is 6.03. The lowest BCUT2D eigenvalue weighted by Crippen LogP contribution is -2.54. The summed E-state index contributed by atoms with van der Waals surface area (Å²) in [5, 5.41) is 5.22. The Morgan fingerprint density at radius 2 is 2.12 bits per heavy atom. The maximum absolute atomic E-state index is 12.9. The van der Waals surface area contributed by atoms with Crippen molar-refractivity contribution in [3.8, 4) is 0 Å². The average Bonchev–Trinajstić information content (AvgIpc) is 3.19. The van der Waals surface area contributed by atoms with Crippen LogP contribution in [-0.4, -0.2) is 53.4 Å². The van der Waals surface area contributed by atoms with Crippen LogP contribution in [0.1, 0.15) is 42.2 Å². The van der Waals surface area contributed by atoms with Gasteiger partial charge < -0.3 is 15.0 Å². The highest BCUT2D eigenvalue weighted by Gasteiger charge is 2.39. The average molecular weight is 353 g/mol. The number of hydrogen-bond donors (Lipinski definition) is 1. The molecule has 0 aliphatic carbocycles. The van der Waals surface area contributed by atoms with E-state index in [9.17, 15) is 14.4 Å². The molecule has 2 rings (SSSR count). The quantitative estimate of drug-likeness (QED) is 0.808. The summed E-state index contributed by atoms with van der Waals surface area (Å²) in [6, 6.07) is -1.27. The summed E-state index contributed by atoms with van der Waals surface area (Å²) in [5.41, 5.74) is 0.307. The molecular formula is C16H23N3O4S. The van der Waals surface area contributed by atoms with Crippen LogP contribution in [-0.2, 0) is 14.3 Å². The second-order valence-corrected chi connectivity index (χ2v) is 7.22. The maximum Gasteiger partial charge on any atom is 0.328 e. The predicted molar refractivity (Wildman–Crippen MR) is 89.7 cm³/mol. The molecule has 132 valence electrons. The largest absolute Gasteiger partial charge is 0.467 e. The number of carbonyl (C=O) groups is 3. The van der Waals surface area contributed by atoms with E-state index in [0.29, 0.717) is 18.7 Å². The molecule has 0 radical (unpaired) electrons. The number of esters is 1. The molecule has 1 fully saturated rings. The van der Waals surface area contributed by atoms with E-state index in [1.807, 2.05) is 20.8 Å². The van der Waals surface area contributed by atoms with E-state index < -0.39 is 18.1 Å². The van der Waals surface area contributed by atoms with Gasteiger partial charge in [0.15, 0.2) is 0 Å². The third-order valence-corrected chi connectivity index (χ3v) is 4.85. The fourth-order valence-corrected chi connectivity index (χ4v) is 3.38. The SMILES string of the molecule is COC(=O)[C@@H]1CCCN1C(=O)[C@@H](NC(=O)c1csc(C)n1)C(C)C. The van der Waals surface area contributed by atoms with E-state index in [0.717, 1.165) is 11.4 Å². The monoisotopic (exact) mass is 353 g/mol. The fourth-order valence-electron chi connectivity index (χ4n) is 2.79. The molecule has 1 aliphatic rings.